The highest BCUT2D eigenvalue weighted by Gasteiger charge is 2.39. The topological polar surface area (TPSA) is 171 Å². The molecule has 0 unspecified atom stereocenters. The highest BCUT2D eigenvalue weighted by Crippen LogP contribution is 2.47. The minimum atomic E-state index is -1.25. The Balaban J connectivity index is 2.41. The molecule has 29 heavy (non-hydrogen) atoms. The van der Waals surface area contributed by atoms with Crippen LogP contribution in [-0.2, 0) is 6.61 Å². The molecule has 0 amide bonds. The molecule has 0 saturated carbocycles. The lowest BCUT2D eigenvalue weighted by atomic mass is 9.86. The number of nitro groups is 1. The summed E-state index contributed by atoms with van der Waals surface area (Å²) < 4.78 is 21.1. The third kappa shape index (κ3) is 3.21. The molecule has 0 saturated heterocycles. The molecule has 0 spiro atoms. The molecule has 3 N–H and O–H groups in total. The second-order valence-corrected chi connectivity index (χ2v) is 5.88. The van der Waals surface area contributed by atoms with E-state index in [9.17, 15) is 25.3 Å². The average molecular weight is 401 g/mol. The number of aliphatic hydroxyl groups is 1. The molecule has 1 aliphatic rings. The number of fused-ring (bicyclic) bond motifs is 1. The molecule has 2 aromatic rings. The van der Waals surface area contributed by atoms with Gasteiger partial charge in [-0.25, -0.2) is 0 Å². The van der Waals surface area contributed by atoms with Gasteiger partial charge in [-0.15, -0.1) is 0 Å². The van der Waals surface area contributed by atoms with E-state index in [2.05, 4.69) is 0 Å². The molecule has 1 aromatic heterocycles. The quantitative estimate of drug-likeness (QED) is 0.549. The Morgan fingerprint density at radius 2 is 1.97 bits per heavy atom. The number of hydrogen-bond acceptors (Lipinski definition) is 10. The van der Waals surface area contributed by atoms with Gasteiger partial charge in [-0.05, 0) is 6.07 Å². The van der Waals surface area contributed by atoms with Crippen LogP contribution in [0, 0.1) is 21.4 Å². The summed E-state index contributed by atoms with van der Waals surface area (Å²) in [5.74, 6) is -2.02. The number of benzene rings is 1. The molecule has 0 bridgehead atoms. The van der Waals surface area contributed by atoms with E-state index in [1.807, 2.05) is 6.07 Å². The van der Waals surface area contributed by atoms with Crippen molar-refractivity contribution in [2.75, 3.05) is 14.2 Å². The third-order valence-electron chi connectivity index (χ3n) is 4.33. The van der Waals surface area contributed by atoms with E-state index >= 15 is 0 Å². The Morgan fingerprint density at radius 1 is 1.31 bits per heavy atom. The zero-order valence-electron chi connectivity index (χ0n) is 15.3. The maximum Gasteiger partial charge on any atom is 0.277 e. The van der Waals surface area contributed by atoms with Gasteiger partial charge < -0.3 is 29.5 Å². The first-order valence-corrected chi connectivity index (χ1v) is 8.11. The fraction of sp³-hybridized carbons (Fsp3) is 0.222. The SMILES string of the molecule is COc1cc([C@H]2C(C#N)=C(N)Oc3c2oc(CO)cc3=O)c([N+](=O)[O-])cc1OC. The third-order valence-corrected chi connectivity index (χ3v) is 4.33. The van der Waals surface area contributed by atoms with Crippen LogP contribution < -0.4 is 25.4 Å². The van der Waals surface area contributed by atoms with Crippen molar-refractivity contribution in [1.29, 1.82) is 5.26 Å². The van der Waals surface area contributed by atoms with E-state index in [4.69, 9.17) is 24.4 Å². The number of nitro benzene ring substituents is 1. The van der Waals surface area contributed by atoms with E-state index in [-0.39, 0.29) is 39.9 Å². The molecule has 150 valence electrons. The first-order chi connectivity index (χ1) is 13.9. The number of nitrogens with two attached hydrogens (primary N) is 1. The van der Waals surface area contributed by atoms with Gasteiger partial charge in [0.1, 0.15) is 24.0 Å². The van der Waals surface area contributed by atoms with Gasteiger partial charge in [-0.2, -0.15) is 5.26 Å². The summed E-state index contributed by atoms with van der Waals surface area (Å²) in [6.07, 6.45) is 0. The van der Waals surface area contributed by atoms with Crippen molar-refractivity contribution in [2.24, 2.45) is 5.73 Å². The lowest BCUT2D eigenvalue weighted by Crippen LogP contribution is -2.26. The zero-order valence-corrected chi connectivity index (χ0v) is 15.3. The Morgan fingerprint density at radius 3 is 2.52 bits per heavy atom. The number of rotatable bonds is 5. The minimum absolute atomic E-state index is 0.0325. The van der Waals surface area contributed by atoms with E-state index < -0.39 is 34.4 Å². The molecule has 0 radical (unpaired) electrons. The highest BCUT2D eigenvalue weighted by atomic mass is 16.6. The lowest BCUT2D eigenvalue weighted by molar-refractivity contribution is -0.385. The van der Waals surface area contributed by atoms with E-state index in [0.717, 1.165) is 12.1 Å². The monoisotopic (exact) mass is 401 g/mol. The first kappa shape index (κ1) is 19.7. The predicted octanol–water partition coefficient (Wildman–Crippen LogP) is 1.28. The van der Waals surface area contributed by atoms with Crippen LogP contribution >= 0.6 is 0 Å². The standard InChI is InChI=1S/C18H15N3O8/c1-26-13-4-9(11(21(24)25)5-14(13)27-2)15-10(6-19)18(20)29-16-12(23)3-8(7-22)28-17(15)16/h3-5,15,22H,7,20H2,1-2H3/t15-/m0/s1. The minimum Gasteiger partial charge on any atom is -0.493 e. The van der Waals surface area contributed by atoms with Crippen molar-refractivity contribution >= 4 is 5.69 Å². The summed E-state index contributed by atoms with van der Waals surface area (Å²) in [5.41, 5.74) is 4.49. The van der Waals surface area contributed by atoms with Crippen LogP contribution in [0.15, 0.2) is 38.9 Å². The van der Waals surface area contributed by atoms with Crippen LogP contribution in [0.1, 0.15) is 23.0 Å². The number of nitrogens with zero attached hydrogens (tertiary/aromatic N) is 2. The van der Waals surface area contributed by atoms with Gasteiger partial charge in [-0.1, -0.05) is 0 Å². The van der Waals surface area contributed by atoms with Gasteiger partial charge in [-0.3, -0.25) is 14.9 Å². The number of hydrogen-bond donors (Lipinski definition) is 2. The smallest absolute Gasteiger partial charge is 0.277 e. The van der Waals surface area contributed by atoms with Crippen LogP contribution in [0.3, 0.4) is 0 Å². The Bertz CT molecular complexity index is 1130. The summed E-state index contributed by atoms with van der Waals surface area (Å²) in [5, 5.41) is 30.7. The van der Waals surface area contributed by atoms with Gasteiger partial charge in [0, 0.05) is 11.6 Å². The molecule has 0 fully saturated rings. The maximum atomic E-state index is 12.4. The average Bonchev–Trinajstić information content (AvgIpc) is 2.72. The Labute approximate surface area is 163 Å². The van der Waals surface area contributed by atoms with Crippen LogP contribution in [0.25, 0.3) is 0 Å². The van der Waals surface area contributed by atoms with Crippen LogP contribution in [0.2, 0.25) is 0 Å². The molecule has 0 aliphatic carbocycles. The predicted molar refractivity (Wildman–Crippen MR) is 96.4 cm³/mol. The van der Waals surface area contributed by atoms with Gasteiger partial charge in [0.15, 0.2) is 17.3 Å². The van der Waals surface area contributed by atoms with E-state index in [1.165, 1.54) is 20.3 Å². The van der Waals surface area contributed by atoms with Crippen LogP contribution in [0.5, 0.6) is 17.2 Å². The summed E-state index contributed by atoms with van der Waals surface area (Å²) in [4.78, 5) is 23.4. The summed E-state index contributed by atoms with van der Waals surface area (Å²) in [6.45, 7) is -0.607. The number of nitriles is 1. The van der Waals surface area contributed by atoms with Gasteiger partial charge in [0.05, 0.1) is 31.1 Å². The summed E-state index contributed by atoms with van der Waals surface area (Å²) >= 11 is 0. The van der Waals surface area contributed by atoms with Gasteiger partial charge >= 0.3 is 0 Å². The molecular weight excluding hydrogens is 386 g/mol. The van der Waals surface area contributed by atoms with Crippen molar-refractivity contribution in [3.05, 3.63) is 67.1 Å². The summed E-state index contributed by atoms with van der Waals surface area (Å²) in [7, 11) is 2.65. The Hall–Kier alpha value is -4.04. The molecular formula is C18H15N3O8. The van der Waals surface area contributed by atoms with Crippen molar-refractivity contribution in [3.8, 4) is 23.3 Å². The van der Waals surface area contributed by atoms with E-state index in [0.29, 0.717) is 0 Å². The highest BCUT2D eigenvalue weighted by molar-refractivity contribution is 5.62. The second kappa shape index (κ2) is 7.53. The fourth-order valence-electron chi connectivity index (χ4n) is 3.05. The van der Waals surface area contributed by atoms with Crippen molar-refractivity contribution in [1.82, 2.24) is 0 Å². The number of ether oxygens (including phenoxy) is 3. The largest absolute Gasteiger partial charge is 0.493 e. The summed E-state index contributed by atoms with van der Waals surface area (Å²) in [6, 6.07) is 5.27. The molecule has 11 heteroatoms. The lowest BCUT2D eigenvalue weighted by Gasteiger charge is -2.25. The van der Waals surface area contributed by atoms with Gasteiger partial charge in [0.2, 0.25) is 17.1 Å². The fourth-order valence-corrected chi connectivity index (χ4v) is 3.05. The molecule has 2 heterocycles. The van der Waals surface area contributed by atoms with Crippen molar-refractivity contribution in [3.63, 3.8) is 0 Å². The second-order valence-electron chi connectivity index (χ2n) is 5.88. The Kier molecular flexibility index (Phi) is 5.12. The number of allylic oxidation sites excluding steroid dienone is 1. The molecule has 1 aromatic carbocycles. The van der Waals surface area contributed by atoms with Crippen molar-refractivity contribution in [2.45, 2.75) is 12.5 Å². The maximum absolute atomic E-state index is 12.4. The number of methoxy groups -OCH3 is 2. The number of aliphatic hydroxyl groups excluding tert-OH is 1. The molecule has 3 rings (SSSR count). The molecule has 1 aliphatic heterocycles. The first-order valence-electron chi connectivity index (χ1n) is 8.11. The van der Waals surface area contributed by atoms with Crippen LogP contribution in [-0.4, -0.2) is 24.2 Å². The van der Waals surface area contributed by atoms with Crippen LogP contribution in [0.4, 0.5) is 5.69 Å². The normalized spacial score (nSPS) is 15.2. The van der Waals surface area contributed by atoms with Crippen molar-refractivity contribution < 1.29 is 28.7 Å². The van der Waals surface area contributed by atoms with Gasteiger partial charge in [0.25, 0.3) is 5.69 Å². The van der Waals surface area contributed by atoms with E-state index in [1.54, 1.807) is 0 Å². The molecule has 11 nitrogen and oxygen atoms in total. The zero-order chi connectivity index (χ0) is 21.3. The molecule has 1 atom stereocenters.